The maximum atomic E-state index is 12.7. The second-order valence-corrected chi connectivity index (χ2v) is 6.25. The summed E-state index contributed by atoms with van der Waals surface area (Å²) in [5.74, 6) is -0.335. The second-order valence-electron chi connectivity index (χ2n) is 6.25. The van der Waals surface area contributed by atoms with Crippen LogP contribution in [0.15, 0.2) is 36.5 Å². The molecule has 0 N–H and O–H groups in total. The van der Waals surface area contributed by atoms with Gasteiger partial charge in [0.25, 0.3) is 5.91 Å². The van der Waals surface area contributed by atoms with Crippen LogP contribution in [0.25, 0.3) is 10.9 Å². The first-order chi connectivity index (χ1) is 11.2. The highest BCUT2D eigenvalue weighted by Gasteiger charge is 2.39. The monoisotopic (exact) mass is 310 g/mol. The van der Waals surface area contributed by atoms with E-state index in [0.29, 0.717) is 19.4 Å². The van der Waals surface area contributed by atoms with Crippen LogP contribution in [0.1, 0.15) is 31.2 Å². The molecule has 2 heterocycles. The molecule has 1 aromatic heterocycles. The van der Waals surface area contributed by atoms with Crippen LogP contribution in [-0.2, 0) is 20.9 Å². The van der Waals surface area contributed by atoms with Crippen molar-refractivity contribution in [1.82, 2.24) is 9.88 Å². The number of fused-ring (bicyclic) bond motifs is 1. The third-order valence-corrected chi connectivity index (χ3v) is 4.43. The van der Waals surface area contributed by atoms with Gasteiger partial charge in [-0.1, -0.05) is 18.2 Å². The molecule has 1 amide bonds. The number of cyclic esters (lactones) is 1. The molecule has 1 saturated carbocycles. The quantitative estimate of drug-likeness (QED) is 0.814. The minimum absolute atomic E-state index is 0.0634. The van der Waals surface area contributed by atoms with E-state index in [0.717, 1.165) is 29.3 Å². The summed E-state index contributed by atoms with van der Waals surface area (Å²) in [6, 6.07) is 10.3. The van der Waals surface area contributed by atoms with Crippen LogP contribution in [0.2, 0.25) is 0 Å². The fourth-order valence-electron chi connectivity index (χ4n) is 3.06. The van der Waals surface area contributed by atoms with Crippen molar-refractivity contribution in [2.45, 2.75) is 44.4 Å². The van der Waals surface area contributed by atoms with Gasteiger partial charge in [0.15, 0.2) is 6.10 Å². The predicted molar refractivity (Wildman–Crippen MR) is 84.4 cm³/mol. The van der Waals surface area contributed by atoms with E-state index in [1.165, 1.54) is 0 Å². The number of amides is 1. The van der Waals surface area contributed by atoms with Crippen molar-refractivity contribution in [3.05, 3.63) is 42.1 Å². The molecule has 2 fully saturated rings. The number of esters is 1. The first kappa shape index (κ1) is 14.2. The van der Waals surface area contributed by atoms with Crippen molar-refractivity contribution < 1.29 is 14.3 Å². The average Bonchev–Trinajstić information content (AvgIpc) is 3.32. The number of para-hydroxylation sites is 1. The molecule has 23 heavy (non-hydrogen) atoms. The summed E-state index contributed by atoms with van der Waals surface area (Å²) in [4.78, 5) is 30.3. The normalized spacial score (nSPS) is 20.5. The van der Waals surface area contributed by atoms with Crippen LogP contribution in [0.5, 0.6) is 0 Å². The summed E-state index contributed by atoms with van der Waals surface area (Å²) in [5.41, 5.74) is 1.96. The molecule has 1 aliphatic heterocycles. The van der Waals surface area contributed by atoms with Crippen molar-refractivity contribution >= 4 is 22.8 Å². The number of hydrogen-bond acceptors (Lipinski definition) is 4. The molecule has 1 saturated heterocycles. The highest BCUT2D eigenvalue weighted by atomic mass is 16.6. The van der Waals surface area contributed by atoms with Gasteiger partial charge in [-0.25, -0.2) is 0 Å². The lowest BCUT2D eigenvalue weighted by Crippen LogP contribution is -2.40. The molecule has 5 heteroatoms. The zero-order valence-electron chi connectivity index (χ0n) is 12.8. The molecular weight excluding hydrogens is 292 g/mol. The summed E-state index contributed by atoms with van der Waals surface area (Å²) in [7, 11) is 0. The van der Waals surface area contributed by atoms with Gasteiger partial charge < -0.3 is 9.64 Å². The lowest BCUT2D eigenvalue weighted by atomic mass is 10.1. The number of rotatable bonds is 4. The van der Waals surface area contributed by atoms with Crippen LogP contribution < -0.4 is 0 Å². The summed E-state index contributed by atoms with van der Waals surface area (Å²) >= 11 is 0. The Morgan fingerprint density at radius 3 is 2.83 bits per heavy atom. The Hall–Kier alpha value is -2.43. The summed E-state index contributed by atoms with van der Waals surface area (Å²) in [5, 5.41) is 1.07. The minimum Gasteiger partial charge on any atom is -0.452 e. The van der Waals surface area contributed by atoms with Gasteiger partial charge in [0.2, 0.25) is 0 Å². The van der Waals surface area contributed by atoms with E-state index in [1.54, 1.807) is 0 Å². The fraction of sp³-hybridized carbons (Fsp3) is 0.389. The van der Waals surface area contributed by atoms with E-state index in [4.69, 9.17) is 4.74 Å². The molecule has 0 radical (unpaired) electrons. The van der Waals surface area contributed by atoms with Gasteiger partial charge in [-0.05, 0) is 30.5 Å². The first-order valence-corrected chi connectivity index (χ1v) is 8.04. The van der Waals surface area contributed by atoms with E-state index < -0.39 is 6.10 Å². The largest absolute Gasteiger partial charge is 0.452 e. The van der Waals surface area contributed by atoms with Gasteiger partial charge in [-0.3, -0.25) is 14.6 Å². The van der Waals surface area contributed by atoms with E-state index >= 15 is 0 Å². The van der Waals surface area contributed by atoms with Crippen LogP contribution in [0.3, 0.4) is 0 Å². The van der Waals surface area contributed by atoms with Crippen molar-refractivity contribution in [2.24, 2.45) is 0 Å². The average molecular weight is 310 g/mol. The molecule has 2 aliphatic rings. The zero-order valence-corrected chi connectivity index (χ0v) is 12.8. The van der Waals surface area contributed by atoms with E-state index in [-0.39, 0.29) is 17.9 Å². The zero-order chi connectivity index (χ0) is 15.8. The number of ether oxygens (including phenoxy) is 1. The molecule has 0 unspecified atom stereocenters. The molecule has 1 atom stereocenters. The maximum absolute atomic E-state index is 12.7. The number of nitrogens with zero attached hydrogens (tertiary/aromatic N) is 2. The van der Waals surface area contributed by atoms with E-state index in [1.807, 2.05) is 35.4 Å². The number of pyridine rings is 1. The Balaban J connectivity index is 1.55. The van der Waals surface area contributed by atoms with Crippen molar-refractivity contribution in [2.75, 3.05) is 0 Å². The van der Waals surface area contributed by atoms with Gasteiger partial charge in [0.1, 0.15) is 0 Å². The maximum Gasteiger partial charge on any atom is 0.306 e. The van der Waals surface area contributed by atoms with Gasteiger partial charge in [-0.15, -0.1) is 0 Å². The Morgan fingerprint density at radius 1 is 1.26 bits per heavy atom. The molecular formula is C18H18N2O3. The van der Waals surface area contributed by atoms with Gasteiger partial charge >= 0.3 is 5.97 Å². The second kappa shape index (κ2) is 5.65. The number of benzene rings is 1. The van der Waals surface area contributed by atoms with Crippen molar-refractivity contribution in [3.63, 3.8) is 0 Å². The standard InChI is InChI=1S/C18H18N2O3/c21-17-8-7-16(23-17)18(22)20(14-5-6-14)11-12-9-13-3-1-2-4-15(13)19-10-12/h1-4,9-10,14,16H,5-8,11H2/t16-/m1/s1. The number of hydrogen-bond donors (Lipinski definition) is 0. The molecule has 2 aromatic rings. The Bertz CT molecular complexity index is 770. The molecule has 1 aromatic carbocycles. The number of carbonyl (C=O) groups excluding carboxylic acids is 2. The summed E-state index contributed by atoms with van der Waals surface area (Å²) in [6.45, 7) is 0.523. The SMILES string of the molecule is O=C1CC[C@H](C(=O)N(Cc2cnc3ccccc3c2)C2CC2)O1. The molecule has 118 valence electrons. The van der Waals surface area contributed by atoms with Crippen LogP contribution in [0.4, 0.5) is 0 Å². The Morgan fingerprint density at radius 2 is 2.09 bits per heavy atom. The third-order valence-electron chi connectivity index (χ3n) is 4.43. The highest BCUT2D eigenvalue weighted by Crippen LogP contribution is 2.31. The number of aromatic nitrogens is 1. The highest BCUT2D eigenvalue weighted by molar-refractivity contribution is 5.87. The van der Waals surface area contributed by atoms with Crippen LogP contribution in [0, 0.1) is 0 Å². The first-order valence-electron chi connectivity index (χ1n) is 8.04. The molecule has 4 rings (SSSR count). The molecule has 5 nitrogen and oxygen atoms in total. The van der Waals surface area contributed by atoms with E-state index in [9.17, 15) is 9.59 Å². The Labute approximate surface area is 134 Å². The molecule has 1 aliphatic carbocycles. The van der Waals surface area contributed by atoms with Crippen LogP contribution in [-0.4, -0.2) is 33.9 Å². The Kier molecular flexibility index (Phi) is 3.48. The minimum atomic E-state index is -0.600. The molecule has 0 bridgehead atoms. The smallest absolute Gasteiger partial charge is 0.306 e. The van der Waals surface area contributed by atoms with Gasteiger partial charge in [0.05, 0.1) is 5.52 Å². The van der Waals surface area contributed by atoms with E-state index in [2.05, 4.69) is 11.1 Å². The van der Waals surface area contributed by atoms with Crippen molar-refractivity contribution in [1.29, 1.82) is 0 Å². The predicted octanol–water partition coefficient (Wildman–Crippen LogP) is 2.43. The van der Waals surface area contributed by atoms with Crippen molar-refractivity contribution in [3.8, 4) is 0 Å². The number of carbonyl (C=O) groups is 2. The lowest BCUT2D eigenvalue weighted by molar-refractivity contribution is -0.153. The topological polar surface area (TPSA) is 59.5 Å². The summed E-state index contributed by atoms with van der Waals surface area (Å²) < 4.78 is 5.14. The fourth-order valence-corrected chi connectivity index (χ4v) is 3.06. The summed E-state index contributed by atoms with van der Waals surface area (Å²) in [6.07, 6.45) is 4.10. The van der Waals surface area contributed by atoms with Gasteiger partial charge in [-0.2, -0.15) is 0 Å². The van der Waals surface area contributed by atoms with Gasteiger partial charge in [0, 0.05) is 37.0 Å². The van der Waals surface area contributed by atoms with Crippen LogP contribution >= 0.6 is 0 Å². The molecule has 0 spiro atoms. The lowest BCUT2D eigenvalue weighted by Gasteiger charge is -2.25. The third kappa shape index (κ3) is 2.91.